The Bertz CT molecular complexity index is 441. The standard InChI is InChI=1S/C15H20F2O5/c16-15(17,13(19)20)8-21-7-12(18)22-14-4-9-1-10(5-14)3-11(2-9)6-14/h9-11H,1-8H2,(H,19,20). The first kappa shape index (κ1) is 15.6. The Morgan fingerprint density at radius 2 is 1.59 bits per heavy atom. The Hall–Kier alpha value is -1.24. The van der Waals surface area contributed by atoms with Crippen LogP contribution in [0.4, 0.5) is 8.78 Å². The third kappa shape index (κ3) is 3.09. The predicted molar refractivity (Wildman–Crippen MR) is 70.4 cm³/mol. The molecule has 0 heterocycles. The second kappa shape index (κ2) is 5.44. The number of rotatable bonds is 6. The average molecular weight is 318 g/mol. The topological polar surface area (TPSA) is 72.8 Å². The molecule has 4 aliphatic rings. The van der Waals surface area contributed by atoms with Gasteiger partial charge in [0.15, 0.2) is 0 Å². The summed E-state index contributed by atoms with van der Waals surface area (Å²) in [5, 5.41) is 8.27. The van der Waals surface area contributed by atoms with Crippen molar-refractivity contribution in [3.8, 4) is 0 Å². The zero-order valence-electron chi connectivity index (χ0n) is 12.2. The zero-order valence-corrected chi connectivity index (χ0v) is 12.2. The Labute approximate surface area is 127 Å². The van der Waals surface area contributed by atoms with Crippen molar-refractivity contribution in [2.45, 2.75) is 50.0 Å². The van der Waals surface area contributed by atoms with E-state index in [1.54, 1.807) is 0 Å². The van der Waals surface area contributed by atoms with Gasteiger partial charge in [-0.2, -0.15) is 8.78 Å². The summed E-state index contributed by atoms with van der Waals surface area (Å²) in [4.78, 5) is 22.1. The normalized spacial score (nSPS) is 36.4. The summed E-state index contributed by atoms with van der Waals surface area (Å²) in [6.07, 6.45) is 6.19. The van der Waals surface area contributed by atoms with Crippen molar-refractivity contribution in [1.29, 1.82) is 0 Å². The van der Waals surface area contributed by atoms with Crippen molar-refractivity contribution in [3.05, 3.63) is 0 Å². The molecule has 4 aliphatic carbocycles. The quantitative estimate of drug-likeness (QED) is 0.760. The minimum Gasteiger partial charge on any atom is -0.477 e. The fraction of sp³-hybridized carbons (Fsp3) is 0.867. The molecule has 0 radical (unpaired) electrons. The number of halogens is 2. The molecule has 22 heavy (non-hydrogen) atoms. The molecule has 4 fully saturated rings. The summed E-state index contributed by atoms with van der Waals surface area (Å²) < 4.78 is 35.8. The van der Waals surface area contributed by atoms with Crippen molar-refractivity contribution in [3.63, 3.8) is 0 Å². The van der Waals surface area contributed by atoms with Crippen molar-refractivity contribution in [2.75, 3.05) is 13.2 Å². The van der Waals surface area contributed by atoms with Crippen molar-refractivity contribution >= 4 is 11.9 Å². The summed E-state index contributed by atoms with van der Waals surface area (Å²) >= 11 is 0. The fourth-order valence-electron chi connectivity index (χ4n) is 4.75. The molecule has 0 unspecified atom stereocenters. The number of alkyl halides is 2. The molecule has 0 aromatic heterocycles. The molecule has 0 saturated heterocycles. The van der Waals surface area contributed by atoms with Gasteiger partial charge in [-0.25, -0.2) is 9.59 Å². The molecule has 1 N–H and O–H groups in total. The highest BCUT2D eigenvalue weighted by molar-refractivity contribution is 5.75. The molecule has 0 aliphatic heterocycles. The molecule has 0 atom stereocenters. The van der Waals surface area contributed by atoms with Crippen molar-refractivity contribution in [2.24, 2.45) is 17.8 Å². The molecule has 5 nitrogen and oxygen atoms in total. The Morgan fingerprint density at radius 1 is 1.09 bits per heavy atom. The van der Waals surface area contributed by atoms with E-state index >= 15 is 0 Å². The van der Waals surface area contributed by atoms with Crippen LogP contribution in [0.2, 0.25) is 0 Å². The maximum atomic E-state index is 12.8. The second-order valence-electron chi connectivity index (χ2n) is 7.08. The van der Waals surface area contributed by atoms with Gasteiger partial charge >= 0.3 is 17.9 Å². The largest absolute Gasteiger partial charge is 0.477 e. The first-order valence-electron chi connectivity index (χ1n) is 7.69. The number of esters is 1. The van der Waals surface area contributed by atoms with Crippen LogP contribution < -0.4 is 0 Å². The molecule has 4 bridgehead atoms. The highest BCUT2D eigenvalue weighted by atomic mass is 19.3. The molecule has 0 aromatic carbocycles. The highest BCUT2D eigenvalue weighted by Gasteiger charge is 2.53. The van der Waals surface area contributed by atoms with Gasteiger partial charge in [0.25, 0.3) is 0 Å². The number of hydrogen-bond donors (Lipinski definition) is 1. The lowest BCUT2D eigenvalue weighted by molar-refractivity contribution is -0.195. The Balaban J connectivity index is 1.49. The minimum atomic E-state index is -3.99. The van der Waals surface area contributed by atoms with Gasteiger partial charge in [-0.05, 0) is 56.3 Å². The number of carboxylic acid groups (broad SMARTS) is 1. The first-order valence-corrected chi connectivity index (χ1v) is 7.69. The predicted octanol–water partition coefficient (Wildman–Crippen LogP) is 2.23. The maximum absolute atomic E-state index is 12.8. The van der Waals surface area contributed by atoms with E-state index in [0.29, 0.717) is 17.8 Å². The molecular formula is C15H20F2O5. The van der Waals surface area contributed by atoms with Crippen LogP contribution in [-0.2, 0) is 19.1 Å². The van der Waals surface area contributed by atoms with Crippen LogP contribution in [-0.4, -0.2) is 41.8 Å². The van der Waals surface area contributed by atoms with Gasteiger partial charge in [-0.15, -0.1) is 0 Å². The summed E-state index contributed by atoms with van der Waals surface area (Å²) in [6.45, 7) is -1.96. The smallest absolute Gasteiger partial charge is 0.377 e. The van der Waals surface area contributed by atoms with Gasteiger partial charge in [-0.1, -0.05) is 0 Å². The van der Waals surface area contributed by atoms with Crippen molar-refractivity contribution < 1.29 is 33.0 Å². The van der Waals surface area contributed by atoms with Gasteiger partial charge in [0.05, 0.1) is 0 Å². The van der Waals surface area contributed by atoms with Crippen LogP contribution in [0.3, 0.4) is 0 Å². The monoisotopic (exact) mass is 318 g/mol. The van der Waals surface area contributed by atoms with Crippen LogP contribution in [0, 0.1) is 17.8 Å². The lowest BCUT2D eigenvalue weighted by Crippen LogP contribution is -2.53. The van der Waals surface area contributed by atoms with Crippen LogP contribution in [0.25, 0.3) is 0 Å². The van der Waals surface area contributed by atoms with Gasteiger partial charge in [0.2, 0.25) is 0 Å². The number of aliphatic carboxylic acids is 1. The van der Waals surface area contributed by atoms with E-state index in [2.05, 4.69) is 4.74 Å². The summed E-state index contributed by atoms with van der Waals surface area (Å²) in [6, 6.07) is 0. The number of carbonyl (C=O) groups is 2. The van der Waals surface area contributed by atoms with Crippen LogP contribution >= 0.6 is 0 Å². The maximum Gasteiger partial charge on any atom is 0.377 e. The lowest BCUT2D eigenvalue weighted by Gasteiger charge is -2.55. The summed E-state index contributed by atoms with van der Waals surface area (Å²) in [5.74, 6) is -5.10. The summed E-state index contributed by atoms with van der Waals surface area (Å²) in [7, 11) is 0. The van der Waals surface area contributed by atoms with Crippen LogP contribution in [0.1, 0.15) is 38.5 Å². The molecule has 7 heteroatoms. The molecule has 4 saturated carbocycles. The number of carboxylic acids is 1. The Morgan fingerprint density at radius 3 is 2.05 bits per heavy atom. The SMILES string of the molecule is O=C(COCC(F)(F)C(=O)O)OC12CC3CC(CC(C3)C1)C2. The fourth-order valence-corrected chi connectivity index (χ4v) is 4.75. The third-order valence-corrected chi connectivity index (χ3v) is 5.13. The van der Waals surface area contributed by atoms with Gasteiger partial charge in [0.1, 0.15) is 18.8 Å². The van der Waals surface area contributed by atoms with E-state index in [9.17, 15) is 18.4 Å². The van der Waals surface area contributed by atoms with Crippen LogP contribution in [0.5, 0.6) is 0 Å². The van der Waals surface area contributed by atoms with E-state index in [1.165, 1.54) is 19.3 Å². The number of carbonyl (C=O) groups excluding carboxylic acids is 1. The van der Waals surface area contributed by atoms with E-state index in [1.807, 2.05) is 0 Å². The Kier molecular flexibility index (Phi) is 3.87. The van der Waals surface area contributed by atoms with E-state index in [4.69, 9.17) is 9.84 Å². The van der Waals surface area contributed by atoms with E-state index in [0.717, 1.165) is 19.3 Å². The number of ether oxygens (including phenoxy) is 2. The molecule has 4 rings (SSSR count). The highest BCUT2D eigenvalue weighted by Crippen LogP contribution is 2.57. The second-order valence-corrected chi connectivity index (χ2v) is 7.08. The third-order valence-electron chi connectivity index (χ3n) is 5.13. The molecule has 0 amide bonds. The first-order chi connectivity index (χ1) is 10.3. The minimum absolute atomic E-state index is 0.440. The lowest BCUT2D eigenvalue weighted by atomic mass is 9.54. The molecule has 0 aromatic rings. The van der Waals surface area contributed by atoms with Gasteiger partial charge in [0, 0.05) is 0 Å². The van der Waals surface area contributed by atoms with E-state index < -0.39 is 36.7 Å². The van der Waals surface area contributed by atoms with Crippen LogP contribution in [0.15, 0.2) is 0 Å². The van der Waals surface area contributed by atoms with Gasteiger partial charge in [-0.3, -0.25) is 0 Å². The molecule has 124 valence electrons. The van der Waals surface area contributed by atoms with Crippen molar-refractivity contribution in [1.82, 2.24) is 0 Å². The number of hydrogen-bond acceptors (Lipinski definition) is 4. The zero-order chi connectivity index (χ0) is 16.0. The average Bonchev–Trinajstić information content (AvgIpc) is 2.35. The van der Waals surface area contributed by atoms with E-state index in [-0.39, 0.29) is 0 Å². The summed E-state index contributed by atoms with van der Waals surface area (Å²) in [5.41, 5.74) is -0.440. The molecule has 0 spiro atoms. The van der Waals surface area contributed by atoms with Gasteiger partial charge < -0.3 is 14.6 Å². The molecular weight excluding hydrogens is 298 g/mol.